The SMILES string of the molecule is COC(=O)CCN(C)S(=O)(=O)c1cc(N)cc(Cl)c1F. The lowest BCUT2D eigenvalue weighted by Gasteiger charge is -2.17. The van der Waals surface area contributed by atoms with Gasteiger partial charge in [0.15, 0.2) is 5.82 Å². The van der Waals surface area contributed by atoms with Crippen molar-refractivity contribution >= 4 is 33.3 Å². The lowest BCUT2D eigenvalue weighted by atomic mass is 10.3. The topological polar surface area (TPSA) is 89.7 Å². The summed E-state index contributed by atoms with van der Waals surface area (Å²) in [4.78, 5) is 10.4. The van der Waals surface area contributed by atoms with E-state index < -0.39 is 26.7 Å². The van der Waals surface area contributed by atoms with Crippen molar-refractivity contribution in [3.8, 4) is 0 Å². The number of hydrogen-bond acceptors (Lipinski definition) is 5. The molecule has 2 N–H and O–H groups in total. The number of methoxy groups -OCH3 is 1. The van der Waals surface area contributed by atoms with Crippen molar-refractivity contribution in [3.63, 3.8) is 0 Å². The number of anilines is 1. The summed E-state index contributed by atoms with van der Waals surface area (Å²) < 4.78 is 43.4. The molecule has 0 bridgehead atoms. The van der Waals surface area contributed by atoms with E-state index in [2.05, 4.69) is 4.74 Å². The Morgan fingerprint density at radius 1 is 1.50 bits per heavy atom. The van der Waals surface area contributed by atoms with Gasteiger partial charge in [0.05, 0.1) is 18.6 Å². The molecule has 1 aromatic rings. The number of nitrogens with zero attached hydrogens (tertiary/aromatic N) is 1. The van der Waals surface area contributed by atoms with Crippen LogP contribution in [0.1, 0.15) is 6.42 Å². The van der Waals surface area contributed by atoms with Gasteiger partial charge in [0, 0.05) is 19.3 Å². The number of nitrogen functional groups attached to an aromatic ring is 1. The van der Waals surface area contributed by atoms with E-state index in [-0.39, 0.29) is 23.7 Å². The first-order chi connectivity index (χ1) is 9.20. The van der Waals surface area contributed by atoms with E-state index in [0.29, 0.717) is 0 Å². The smallest absolute Gasteiger partial charge is 0.306 e. The molecule has 1 rings (SSSR count). The number of carbonyl (C=O) groups is 1. The van der Waals surface area contributed by atoms with Crippen LogP contribution in [-0.4, -0.2) is 39.4 Å². The van der Waals surface area contributed by atoms with Crippen molar-refractivity contribution in [2.24, 2.45) is 0 Å². The van der Waals surface area contributed by atoms with Crippen LogP contribution in [0, 0.1) is 5.82 Å². The zero-order valence-corrected chi connectivity index (χ0v) is 12.5. The minimum absolute atomic E-state index is 0.0244. The van der Waals surface area contributed by atoms with E-state index in [1.54, 1.807) is 0 Å². The maximum absolute atomic E-state index is 13.8. The number of ether oxygens (including phenoxy) is 1. The molecule has 0 unspecified atom stereocenters. The molecule has 6 nitrogen and oxygen atoms in total. The number of halogens is 2. The van der Waals surface area contributed by atoms with Crippen LogP contribution in [0.25, 0.3) is 0 Å². The van der Waals surface area contributed by atoms with Crippen LogP contribution in [-0.2, 0) is 19.6 Å². The molecule has 0 amide bonds. The van der Waals surface area contributed by atoms with Crippen LogP contribution in [0.2, 0.25) is 5.02 Å². The maximum atomic E-state index is 13.8. The quantitative estimate of drug-likeness (QED) is 0.650. The van der Waals surface area contributed by atoms with Crippen molar-refractivity contribution < 1.29 is 22.3 Å². The third kappa shape index (κ3) is 3.59. The number of rotatable bonds is 5. The fourth-order valence-corrected chi connectivity index (χ4v) is 2.98. The van der Waals surface area contributed by atoms with Gasteiger partial charge in [0.25, 0.3) is 0 Å². The first-order valence-corrected chi connectivity index (χ1v) is 7.29. The average molecular weight is 325 g/mol. The van der Waals surface area contributed by atoms with E-state index in [1.165, 1.54) is 14.2 Å². The summed E-state index contributed by atoms with van der Waals surface area (Å²) in [5.74, 6) is -1.65. The Morgan fingerprint density at radius 3 is 2.65 bits per heavy atom. The van der Waals surface area contributed by atoms with E-state index in [0.717, 1.165) is 16.4 Å². The van der Waals surface area contributed by atoms with Crippen LogP contribution in [0.4, 0.5) is 10.1 Å². The normalized spacial score (nSPS) is 11.7. The van der Waals surface area contributed by atoms with Crippen LogP contribution < -0.4 is 5.73 Å². The van der Waals surface area contributed by atoms with Crippen LogP contribution in [0.15, 0.2) is 17.0 Å². The molecule has 0 aromatic heterocycles. The van der Waals surface area contributed by atoms with Crippen molar-refractivity contribution in [2.75, 3.05) is 26.4 Å². The van der Waals surface area contributed by atoms with Crippen LogP contribution >= 0.6 is 11.6 Å². The third-order valence-corrected chi connectivity index (χ3v) is 4.69. The summed E-state index contributed by atoms with van der Waals surface area (Å²) in [6.45, 7) is -0.152. The van der Waals surface area contributed by atoms with E-state index in [4.69, 9.17) is 17.3 Å². The largest absolute Gasteiger partial charge is 0.469 e. The second-order valence-corrected chi connectivity index (χ2v) is 6.39. The molecule has 0 aliphatic heterocycles. The molecule has 0 aliphatic rings. The summed E-state index contributed by atoms with van der Waals surface area (Å²) in [5, 5.41) is -0.384. The van der Waals surface area contributed by atoms with Gasteiger partial charge in [0.2, 0.25) is 10.0 Å². The predicted octanol–water partition coefficient (Wildman–Crippen LogP) is 1.24. The zero-order chi connectivity index (χ0) is 15.5. The predicted molar refractivity (Wildman–Crippen MR) is 72.3 cm³/mol. The van der Waals surface area contributed by atoms with E-state index in [9.17, 15) is 17.6 Å². The Bertz CT molecular complexity index is 621. The van der Waals surface area contributed by atoms with Gasteiger partial charge in [-0.3, -0.25) is 4.79 Å². The Morgan fingerprint density at radius 2 is 2.10 bits per heavy atom. The minimum atomic E-state index is -4.13. The second-order valence-electron chi connectivity index (χ2n) is 3.97. The summed E-state index contributed by atoms with van der Waals surface area (Å²) in [5.41, 5.74) is 5.49. The lowest BCUT2D eigenvalue weighted by molar-refractivity contribution is -0.140. The Hall–Kier alpha value is -1.38. The highest BCUT2D eigenvalue weighted by molar-refractivity contribution is 7.89. The van der Waals surface area contributed by atoms with Crippen LogP contribution in [0.5, 0.6) is 0 Å². The summed E-state index contributed by atoms with van der Waals surface area (Å²) >= 11 is 5.57. The highest BCUT2D eigenvalue weighted by Gasteiger charge is 2.26. The molecule has 0 aliphatic carbocycles. The van der Waals surface area contributed by atoms with Gasteiger partial charge in [-0.25, -0.2) is 17.1 Å². The third-order valence-electron chi connectivity index (χ3n) is 2.56. The molecular weight excluding hydrogens is 311 g/mol. The highest BCUT2D eigenvalue weighted by atomic mass is 35.5. The fourth-order valence-electron chi connectivity index (χ4n) is 1.41. The summed E-state index contributed by atoms with van der Waals surface area (Å²) in [6, 6.07) is 2.09. The summed E-state index contributed by atoms with van der Waals surface area (Å²) in [7, 11) is -1.73. The standard InChI is InChI=1S/C11H14ClFN2O4S/c1-15(4-3-10(16)19-2)20(17,18)9-6-7(14)5-8(12)11(9)13/h5-6H,3-4,14H2,1-2H3. The van der Waals surface area contributed by atoms with E-state index in [1.807, 2.05) is 0 Å². The average Bonchev–Trinajstić information content (AvgIpc) is 2.39. The molecule has 0 fully saturated rings. The van der Waals surface area contributed by atoms with Crippen molar-refractivity contribution in [3.05, 3.63) is 23.0 Å². The molecule has 0 spiro atoms. The zero-order valence-electron chi connectivity index (χ0n) is 10.9. The summed E-state index contributed by atoms with van der Waals surface area (Å²) in [6.07, 6.45) is -0.149. The fraction of sp³-hybridized carbons (Fsp3) is 0.364. The van der Waals surface area contributed by atoms with Gasteiger partial charge in [0.1, 0.15) is 4.90 Å². The van der Waals surface area contributed by atoms with Crippen LogP contribution in [0.3, 0.4) is 0 Å². The molecule has 0 saturated heterocycles. The molecule has 0 atom stereocenters. The number of sulfonamides is 1. The number of benzene rings is 1. The van der Waals surface area contributed by atoms with Crippen molar-refractivity contribution in [1.29, 1.82) is 0 Å². The number of hydrogen-bond donors (Lipinski definition) is 1. The van der Waals surface area contributed by atoms with Gasteiger partial charge in [-0.05, 0) is 12.1 Å². The first kappa shape index (κ1) is 16.7. The number of carbonyl (C=O) groups excluding carboxylic acids is 1. The van der Waals surface area contributed by atoms with Crippen molar-refractivity contribution in [2.45, 2.75) is 11.3 Å². The molecule has 1 aromatic carbocycles. The Labute approximate surface area is 121 Å². The second kappa shape index (κ2) is 6.38. The number of esters is 1. The lowest BCUT2D eigenvalue weighted by Crippen LogP contribution is -2.30. The minimum Gasteiger partial charge on any atom is -0.469 e. The molecular formula is C11H14ClFN2O4S. The molecule has 9 heteroatoms. The van der Waals surface area contributed by atoms with Gasteiger partial charge in [-0.1, -0.05) is 11.6 Å². The monoisotopic (exact) mass is 324 g/mol. The molecule has 0 radical (unpaired) electrons. The maximum Gasteiger partial charge on any atom is 0.306 e. The Balaban J connectivity index is 3.08. The van der Waals surface area contributed by atoms with Gasteiger partial charge >= 0.3 is 5.97 Å². The number of nitrogens with two attached hydrogens (primary N) is 1. The van der Waals surface area contributed by atoms with Crippen molar-refractivity contribution in [1.82, 2.24) is 4.31 Å². The molecule has 0 heterocycles. The highest BCUT2D eigenvalue weighted by Crippen LogP contribution is 2.27. The van der Waals surface area contributed by atoms with Gasteiger partial charge in [-0.15, -0.1) is 0 Å². The molecule has 0 saturated carbocycles. The van der Waals surface area contributed by atoms with Gasteiger partial charge in [-0.2, -0.15) is 0 Å². The molecule has 20 heavy (non-hydrogen) atoms. The van der Waals surface area contributed by atoms with Gasteiger partial charge < -0.3 is 10.5 Å². The van der Waals surface area contributed by atoms with E-state index >= 15 is 0 Å². The molecule has 112 valence electrons. The first-order valence-electron chi connectivity index (χ1n) is 5.47. The Kier molecular flexibility index (Phi) is 5.32.